The molecule has 0 atom stereocenters. The van der Waals surface area contributed by atoms with Gasteiger partial charge in [0.15, 0.2) is 0 Å². The number of nitrogens with zero attached hydrogens (tertiary/aromatic N) is 2. The second-order valence-corrected chi connectivity index (χ2v) is 4.62. The first-order chi connectivity index (χ1) is 9.56. The zero-order chi connectivity index (χ0) is 14.5. The van der Waals surface area contributed by atoms with Gasteiger partial charge in [0, 0.05) is 25.2 Å². The van der Waals surface area contributed by atoms with Crippen LogP contribution in [0.15, 0.2) is 24.3 Å². The SMILES string of the molecule is O=C1CN(C(=O)Cc2cccc([N+](=O)[O-])c2)CCCN1. The highest BCUT2D eigenvalue weighted by Crippen LogP contribution is 2.14. The molecule has 1 heterocycles. The second-order valence-electron chi connectivity index (χ2n) is 4.62. The van der Waals surface area contributed by atoms with Crippen molar-refractivity contribution in [3.8, 4) is 0 Å². The highest BCUT2D eigenvalue weighted by molar-refractivity contribution is 5.86. The monoisotopic (exact) mass is 277 g/mol. The predicted molar refractivity (Wildman–Crippen MR) is 71.0 cm³/mol. The number of hydrogen-bond acceptors (Lipinski definition) is 4. The van der Waals surface area contributed by atoms with Gasteiger partial charge < -0.3 is 10.2 Å². The van der Waals surface area contributed by atoms with E-state index in [1.807, 2.05) is 0 Å². The topological polar surface area (TPSA) is 92.5 Å². The third-order valence-corrected chi connectivity index (χ3v) is 3.09. The molecular weight excluding hydrogens is 262 g/mol. The second kappa shape index (κ2) is 6.14. The number of benzene rings is 1. The maximum atomic E-state index is 12.1. The number of hydrogen-bond donors (Lipinski definition) is 1. The minimum absolute atomic E-state index is 0.0380. The van der Waals surface area contributed by atoms with E-state index in [4.69, 9.17) is 0 Å². The van der Waals surface area contributed by atoms with Crippen molar-refractivity contribution in [1.82, 2.24) is 10.2 Å². The van der Waals surface area contributed by atoms with Crippen LogP contribution in [0.25, 0.3) is 0 Å². The van der Waals surface area contributed by atoms with Gasteiger partial charge in [-0.15, -0.1) is 0 Å². The van der Waals surface area contributed by atoms with Crippen molar-refractivity contribution in [3.63, 3.8) is 0 Å². The van der Waals surface area contributed by atoms with Crippen molar-refractivity contribution in [2.24, 2.45) is 0 Å². The maximum Gasteiger partial charge on any atom is 0.269 e. The summed E-state index contributed by atoms with van der Waals surface area (Å²) in [5.74, 6) is -0.363. The molecule has 2 amide bonds. The number of nitrogens with one attached hydrogen (secondary N) is 1. The highest BCUT2D eigenvalue weighted by Gasteiger charge is 2.20. The lowest BCUT2D eigenvalue weighted by Crippen LogP contribution is -2.38. The quantitative estimate of drug-likeness (QED) is 0.642. The molecule has 1 aromatic carbocycles. The lowest BCUT2D eigenvalue weighted by atomic mass is 10.1. The molecule has 0 saturated carbocycles. The van der Waals surface area contributed by atoms with Crippen LogP contribution in [0.4, 0.5) is 5.69 Å². The third-order valence-electron chi connectivity index (χ3n) is 3.09. The molecule has 0 bridgehead atoms. The van der Waals surface area contributed by atoms with Crippen LogP contribution >= 0.6 is 0 Å². The summed E-state index contributed by atoms with van der Waals surface area (Å²) in [6.45, 7) is 1.14. The number of carbonyl (C=O) groups excluding carboxylic acids is 2. The predicted octanol–water partition coefficient (Wildman–Crippen LogP) is 0.486. The van der Waals surface area contributed by atoms with E-state index in [9.17, 15) is 19.7 Å². The molecule has 0 aromatic heterocycles. The van der Waals surface area contributed by atoms with Gasteiger partial charge in [-0.05, 0) is 12.0 Å². The summed E-state index contributed by atoms with van der Waals surface area (Å²) in [6.07, 6.45) is 0.779. The molecule has 1 aliphatic rings. The number of rotatable bonds is 3. The molecule has 7 heteroatoms. The first-order valence-corrected chi connectivity index (χ1v) is 6.34. The average Bonchev–Trinajstić information content (AvgIpc) is 2.63. The van der Waals surface area contributed by atoms with Gasteiger partial charge in [0.25, 0.3) is 5.69 Å². The largest absolute Gasteiger partial charge is 0.354 e. The number of non-ortho nitro benzene ring substituents is 1. The van der Waals surface area contributed by atoms with Crippen LogP contribution in [0.3, 0.4) is 0 Å². The first-order valence-electron chi connectivity index (χ1n) is 6.34. The van der Waals surface area contributed by atoms with Crippen molar-refractivity contribution in [3.05, 3.63) is 39.9 Å². The van der Waals surface area contributed by atoms with E-state index in [0.717, 1.165) is 0 Å². The van der Waals surface area contributed by atoms with Gasteiger partial charge in [0.05, 0.1) is 17.9 Å². The fourth-order valence-electron chi connectivity index (χ4n) is 2.09. The summed E-state index contributed by atoms with van der Waals surface area (Å²) in [4.78, 5) is 35.2. The van der Waals surface area contributed by atoms with Crippen molar-refractivity contribution >= 4 is 17.5 Å². The van der Waals surface area contributed by atoms with Crippen molar-refractivity contribution in [2.75, 3.05) is 19.6 Å². The standard InChI is InChI=1S/C13H15N3O4/c17-12-9-15(6-2-5-14-12)13(18)8-10-3-1-4-11(7-10)16(19)20/h1,3-4,7H,2,5-6,8-9H2,(H,14,17). The van der Waals surface area contributed by atoms with Gasteiger partial charge >= 0.3 is 0 Å². The number of nitro benzene ring substituents is 1. The van der Waals surface area contributed by atoms with E-state index in [0.29, 0.717) is 25.1 Å². The molecule has 0 aliphatic carbocycles. The van der Waals surface area contributed by atoms with Gasteiger partial charge in [-0.2, -0.15) is 0 Å². The fraction of sp³-hybridized carbons (Fsp3) is 0.385. The first kappa shape index (κ1) is 14.0. The Morgan fingerprint density at radius 3 is 3.00 bits per heavy atom. The Labute approximate surface area is 115 Å². The molecule has 106 valence electrons. The molecule has 0 spiro atoms. The van der Waals surface area contributed by atoms with E-state index >= 15 is 0 Å². The Kier molecular flexibility index (Phi) is 4.29. The highest BCUT2D eigenvalue weighted by atomic mass is 16.6. The molecule has 0 unspecified atom stereocenters. The van der Waals surface area contributed by atoms with Crippen LogP contribution in [0.1, 0.15) is 12.0 Å². The fourth-order valence-corrected chi connectivity index (χ4v) is 2.09. The summed E-state index contributed by atoms with van der Waals surface area (Å²) in [5.41, 5.74) is 0.540. The van der Waals surface area contributed by atoms with Crippen LogP contribution in [0, 0.1) is 10.1 Å². The van der Waals surface area contributed by atoms with Gasteiger partial charge in [-0.25, -0.2) is 0 Å². The average molecular weight is 277 g/mol. The molecule has 7 nitrogen and oxygen atoms in total. The lowest BCUT2D eigenvalue weighted by Gasteiger charge is -2.18. The Bertz CT molecular complexity index is 544. The Morgan fingerprint density at radius 1 is 1.45 bits per heavy atom. The van der Waals surface area contributed by atoms with Gasteiger partial charge in [-0.3, -0.25) is 19.7 Å². The summed E-state index contributed by atoms with van der Waals surface area (Å²) in [7, 11) is 0. The Balaban J connectivity index is 2.05. The molecule has 20 heavy (non-hydrogen) atoms. The Hall–Kier alpha value is -2.44. The Morgan fingerprint density at radius 2 is 2.25 bits per heavy atom. The van der Waals surface area contributed by atoms with E-state index in [1.54, 1.807) is 12.1 Å². The summed E-state index contributed by atoms with van der Waals surface area (Å²) in [5, 5.41) is 13.4. The molecule has 1 saturated heterocycles. The molecule has 1 N–H and O–H groups in total. The molecule has 1 aromatic rings. The van der Waals surface area contributed by atoms with Crippen LogP contribution in [-0.2, 0) is 16.0 Å². The van der Waals surface area contributed by atoms with Crippen LogP contribution in [0.2, 0.25) is 0 Å². The van der Waals surface area contributed by atoms with Crippen molar-refractivity contribution < 1.29 is 14.5 Å². The summed E-state index contributed by atoms with van der Waals surface area (Å²) in [6, 6.07) is 5.99. The normalized spacial score (nSPS) is 15.4. The minimum Gasteiger partial charge on any atom is -0.354 e. The maximum absolute atomic E-state index is 12.1. The van der Waals surface area contributed by atoms with Crippen LogP contribution in [-0.4, -0.2) is 41.3 Å². The number of nitro groups is 1. The molecular formula is C13H15N3O4. The van der Waals surface area contributed by atoms with Crippen LogP contribution < -0.4 is 5.32 Å². The van der Waals surface area contributed by atoms with Crippen molar-refractivity contribution in [2.45, 2.75) is 12.8 Å². The summed E-state index contributed by atoms with van der Waals surface area (Å²) < 4.78 is 0. The summed E-state index contributed by atoms with van der Waals surface area (Å²) >= 11 is 0. The van der Waals surface area contributed by atoms with E-state index in [-0.39, 0.29) is 30.5 Å². The van der Waals surface area contributed by atoms with Crippen molar-refractivity contribution in [1.29, 1.82) is 0 Å². The van der Waals surface area contributed by atoms with Gasteiger partial charge in [0.1, 0.15) is 0 Å². The van der Waals surface area contributed by atoms with E-state index < -0.39 is 4.92 Å². The number of carbonyl (C=O) groups is 2. The zero-order valence-electron chi connectivity index (χ0n) is 10.9. The minimum atomic E-state index is -0.493. The van der Waals surface area contributed by atoms with Gasteiger partial charge in [-0.1, -0.05) is 12.1 Å². The van der Waals surface area contributed by atoms with Crippen LogP contribution in [0.5, 0.6) is 0 Å². The smallest absolute Gasteiger partial charge is 0.269 e. The molecule has 1 fully saturated rings. The third kappa shape index (κ3) is 3.53. The molecule has 1 aliphatic heterocycles. The number of amides is 2. The molecule has 2 rings (SSSR count). The zero-order valence-corrected chi connectivity index (χ0v) is 10.9. The van der Waals surface area contributed by atoms with Gasteiger partial charge in [0.2, 0.25) is 11.8 Å². The van der Waals surface area contributed by atoms with E-state index in [1.165, 1.54) is 17.0 Å². The molecule has 0 radical (unpaired) electrons. The lowest BCUT2D eigenvalue weighted by molar-refractivity contribution is -0.384. The van der Waals surface area contributed by atoms with E-state index in [2.05, 4.69) is 5.32 Å².